The van der Waals surface area contributed by atoms with Crippen molar-refractivity contribution in [3.63, 3.8) is 0 Å². The highest BCUT2D eigenvalue weighted by Crippen LogP contribution is 2.31. The second kappa shape index (κ2) is 5.78. The van der Waals surface area contributed by atoms with Crippen LogP contribution in [0.3, 0.4) is 0 Å². The molecule has 2 aromatic rings. The van der Waals surface area contributed by atoms with Gasteiger partial charge in [-0.1, -0.05) is 42.5 Å². The molecule has 3 heteroatoms. The van der Waals surface area contributed by atoms with Crippen molar-refractivity contribution in [1.29, 1.82) is 0 Å². The fourth-order valence-electron chi connectivity index (χ4n) is 2.25. The maximum Gasteiger partial charge on any atom is 0.190 e. The molecule has 102 valence electrons. The summed E-state index contributed by atoms with van der Waals surface area (Å²) < 4.78 is 11.3. The molecule has 20 heavy (non-hydrogen) atoms. The third-order valence-electron chi connectivity index (χ3n) is 3.37. The van der Waals surface area contributed by atoms with Crippen LogP contribution in [0.1, 0.15) is 12.0 Å². The van der Waals surface area contributed by atoms with Gasteiger partial charge in [-0.3, -0.25) is 4.79 Å². The first-order valence-corrected chi connectivity index (χ1v) is 6.78. The van der Waals surface area contributed by atoms with Crippen LogP contribution in [0.15, 0.2) is 54.6 Å². The van der Waals surface area contributed by atoms with Crippen molar-refractivity contribution in [3.8, 4) is 11.5 Å². The summed E-state index contributed by atoms with van der Waals surface area (Å²) >= 11 is 0. The van der Waals surface area contributed by atoms with Crippen LogP contribution in [0, 0.1) is 0 Å². The monoisotopic (exact) mass is 268 g/mol. The third kappa shape index (κ3) is 2.82. The number of carbonyl (C=O) groups excluding carboxylic acids is 1. The lowest BCUT2D eigenvalue weighted by atomic mass is 10.0. The Morgan fingerprint density at radius 3 is 2.50 bits per heavy atom. The van der Waals surface area contributed by atoms with Crippen molar-refractivity contribution < 1.29 is 14.3 Å². The lowest BCUT2D eigenvalue weighted by Crippen LogP contribution is -2.36. The van der Waals surface area contributed by atoms with Crippen LogP contribution < -0.4 is 9.47 Å². The summed E-state index contributed by atoms with van der Waals surface area (Å²) in [6.45, 7) is 0.296. The Morgan fingerprint density at radius 1 is 1.00 bits per heavy atom. The van der Waals surface area contributed by atoms with Gasteiger partial charge in [0.25, 0.3) is 0 Å². The number of hydrogen-bond donors (Lipinski definition) is 0. The number of ether oxygens (including phenoxy) is 2. The predicted octanol–water partition coefficient (Wildman–Crippen LogP) is 3.03. The number of hydrogen-bond acceptors (Lipinski definition) is 3. The molecule has 2 aromatic carbocycles. The molecular weight excluding hydrogens is 252 g/mol. The molecule has 3 rings (SSSR count). The van der Waals surface area contributed by atoms with Crippen molar-refractivity contribution >= 4 is 5.78 Å². The first-order chi connectivity index (χ1) is 9.83. The molecule has 0 saturated carbocycles. The molecule has 1 heterocycles. The summed E-state index contributed by atoms with van der Waals surface area (Å²) in [6.07, 6.45) is 0.718. The number of aryl methyl sites for hydroxylation is 1. The van der Waals surface area contributed by atoms with Gasteiger partial charge in [-0.2, -0.15) is 0 Å². The molecule has 1 atom stereocenters. The predicted molar refractivity (Wildman–Crippen MR) is 76.1 cm³/mol. The Hall–Kier alpha value is -2.29. The van der Waals surface area contributed by atoms with E-state index in [-0.39, 0.29) is 5.78 Å². The Kier molecular flexibility index (Phi) is 3.68. The minimum absolute atomic E-state index is 0.0864. The SMILES string of the molecule is O=C(CCc1ccccc1)C1COc2ccccc2O1. The van der Waals surface area contributed by atoms with Crippen molar-refractivity contribution in [3.05, 3.63) is 60.2 Å². The molecule has 3 nitrogen and oxygen atoms in total. The van der Waals surface area contributed by atoms with Crippen molar-refractivity contribution in [2.45, 2.75) is 18.9 Å². The average molecular weight is 268 g/mol. The van der Waals surface area contributed by atoms with E-state index >= 15 is 0 Å². The third-order valence-corrected chi connectivity index (χ3v) is 3.37. The normalized spacial score (nSPS) is 16.7. The summed E-state index contributed by atoms with van der Waals surface area (Å²) in [4.78, 5) is 12.2. The molecule has 1 aliphatic heterocycles. The number of carbonyl (C=O) groups is 1. The molecule has 0 spiro atoms. The van der Waals surface area contributed by atoms with E-state index in [0.717, 1.165) is 12.0 Å². The number of fused-ring (bicyclic) bond motifs is 1. The van der Waals surface area contributed by atoms with E-state index in [4.69, 9.17) is 9.47 Å². The molecule has 0 aliphatic carbocycles. The topological polar surface area (TPSA) is 35.5 Å². The summed E-state index contributed by atoms with van der Waals surface area (Å²) in [7, 11) is 0. The number of ketones is 1. The Labute approximate surface area is 118 Å². The van der Waals surface area contributed by atoms with Gasteiger partial charge in [-0.25, -0.2) is 0 Å². The molecule has 0 radical (unpaired) electrons. The number of benzene rings is 2. The van der Waals surface area contributed by atoms with Gasteiger partial charge in [-0.05, 0) is 24.1 Å². The van der Waals surface area contributed by atoms with Gasteiger partial charge < -0.3 is 9.47 Å². The van der Waals surface area contributed by atoms with Crippen LogP contribution in [-0.2, 0) is 11.2 Å². The Morgan fingerprint density at radius 2 is 1.70 bits per heavy atom. The van der Waals surface area contributed by atoms with E-state index in [2.05, 4.69) is 0 Å². The van der Waals surface area contributed by atoms with Crippen LogP contribution in [0.2, 0.25) is 0 Å². The minimum atomic E-state index is -0.492. The molecule has 0 aromatic heterocycles. The molecule has 0 N–H and O–H groups in total. The van der Waals surface area contributed by atoms with Gasteiger partial charge in [0, 0.05) is 6.42 Å². The summed E-state index contributed by atoms with van der Waals surface area (Å²) in [5.74, 6) is 1.44. The quantitative estimate of drug-likeness (QED) is 0.855. The van der Waals surface area contributed by atoms with E-state index in [0.29, 0.717) is 24.5 Å². The summed E-state index contributed by atoms with van der Waals surface area (Å²) in [5.41, 5.74) is 1.16. The molecule has 0 bridgehead atoms. The Balaban J connectivity index is 1.59. The zero-order valence-electron chi connectivity index (χ0n) is 11.1. The smallest absolute Gasteiger partial charge is 0.190 e. The zero-order valence-corrected chi connectivity index (χ0v) is 11.1. The van der Waals surface area contributed by atoms with Crippen molar-refractivity contribution in [1.82, 2.24) is 0 Å². The number of para-hydroxylation sites is 2. The van der Waals surface area contributed by atoms with E-state index in [1.807, 2.05) is 54.6 Å². The fourth-order valence-corrected chi connectivity index (χ4v) is 2.25. The zero-order chi connectivity index (χ0) is 13.8. The van der Waals surface area contributed by atoms with E-state index in [1.165, 1.54) is 0 Å². The van der Waals surface area contributed by atoms with Crippen LogP contribution in [-0.4, -0.2) is 18.5 Å². The minimum Gasteiger partial charge on any atom is -0.485 e. The Bertz CT molecular complexity index is 592. The van der Waals surface area contributed by atoms with Crippen LogP contribution in [0.25, 0.3) is 0 Å². The van der Waals surface area contributed by atoms with Gasteiger partial charge in [0.1, 0.15) is 6.61 Å². The first kappa shape index (κ1) is 12.7. The summed E-state index contributed by atoms with van der Waals surface area (Å²) in [5, 5.41) is 0. The standard InChI is InChI=1S/C17H16O3/c18-14(11-10-13-6-2-1-3-7-13)17-12-19-15-8-4-5-9-16(15)20-17/h1-9,17H,10-12H2. The maximum absolute atomic E-state index is 12.2. The van der Waals surface area contributed by atoms with E-state index in [9.17, 15) is 4.79 Å². The molecule has 0 fully saturated rings. The molecular formula is C17H16O3. The number of Topliss-reactive ketones (excluding diaryl/α,β-unsaturated/α-hetero) is 1. The van der Waals surface area contributed by atoms with Crippen LogP contribution in [0.4, 0.5) is 0 Å². The second-order valence-corrected chi connectivity index (χ2v) is 4.82. The molecule has 0 amide bonds. The largest absolute Gasteiger partial charge is 0.485 e. The lowest BCUT2D eigenvalue weighted by molar-refractivity contribution is -0.128. The van der Waals surface area contributed by atoms with Crippen LogP contribution in [0.5, 0.6) is 11.5 Å². The molecule has 0 saturated heterocycles. The van der Waals surface area contributed by atoms with Crippen LogP contribution >= 0.6 is 0 Å². The van der Waals surface area contributed by atoms with Gasteiger partial charge in [0.2, 0.25) is 0 Å². The average Bonchev–Trinajstić information content (AvgIpc) is 2.53. The van der Waals surface area contributed by atoms with E-state index < -0.39 is 6.10 Å². The number of rotatable bonds is 4. The van der Waals surface area contributed by atoms with Gasteiger partial charge >= 0.3 is 0 Å². The van der Waals surface area contributed by atoms with Gasteiger partial charge in [-0.15, -0.1) is 0 Å². The van der Waals surface area contributed by atoms with Crippen molar-refractivity contribution in [2.75, 3.05) is 6.61 Å². The maximum atomic E-state index is 12.2. The summed E-state index contributed by atoms with van der Waals surface area (Å²) in [6, 6.07) is 17.4. The fraction of sp³-hybridized carbons (Fsp3) is 0.235. The lowest BCUT2D eigenvalue weighted by Gasteiger charge is -2.25. The first-order valence-electron chi connectivity index (χ1n) is 6.78. The highest BCUT2D eigenvalue weighted by Gasteiger charge is 2.26. The van der Waals surface area contributed by atoms with Crippen molar-refractivity contribution in [2.24, 2.45) is 0 Å². The highest BCUT2D eigenvalue weighted by atomic mass is 16.6. The van der Waals surface area contributed by atoms with Gasteiger partial charge in [0.05, 0.1) is 0 Å². The molecule has 1 aliphatic rings. The highest BCUT2D eigenvalue weighted by molar-refractivity contribution is 5.84. The second-order valence-electron chi connectivity index (χ2n) is 4.82. The van der Waals surface area contributed by atoms with Gasteiger partial charge in [0.15, 0.2) is 23.4 Å². The van der Waals surface area contributed by atoms with E-state index in [1.54, 1.807) is 0 Å². The molecule has 1 unspecified atom stereocenters.